The lowest BCUT2D eigenvalue weighted by Crippen LogP contribution is -2.42. The van der Waals surface area contributed by atoms with Crippen molar-refractivity contribution in [1.29, 1.82) is 0 Å². The molecule has 1 saturated heterocycles. The van der Waals surface area contributed by atoms with E-state index in [0.29, 0.717) is 0 Å². The zero-order valence-electron chi connectivity index (χ0n) is 10.6. The second-order valence-corrected chi connectivity index (χ2v) is 4.87. The molecule has 1 aliphatic heterocycles. The highest BCUT2D eigenvalue weighted by atomic mass is 16.1. The van der Waals surface area contributed by atoms with Crippen molar-refractivity contribution in [2.24, 2.45) is 7.05 Å². The van der Waals surface area contributed by atoms with Crippen molar-refractivity contribution in [2.75, 3.05) is 26.2 Å². The molecule has 0 aliphatic carbocycles. The maximum atomic E-state index is 11.5. The summed E-state index contributed by atoms with van der Waals surface area (Å²) in [5.74, 6) is 0. The molecule has 0 amide bonds. The number of aryl methyl sites for hydroxylation is 1. The van der Waals surface area contributed by atoms with E-state index in [9.17, 15) is 4.79 Å². The third-order valence-corrected chi connectivity index (χ3v) is 3.58. The predicted molar refractivity (Wildman–Crippen MR) is 71.7 cm³/mol. The Morgan fingerprint density at radius 3 is 2.83 bits per heavy atom. The van der Waals surface area contributed by atoms with Crippen LogP contribution in [0, 0.1) is 0 Å². The van der Waals surface area contributed by atoms with Crippen molar-refractivity contribution in [3.05, 3.63) is 34.2 Å². The number of benzene rings is 1. The summed E-state index contributed by atoms with van der Waals surface area (Å²) in [5.41, 5.74) is 3.09. The molecule has 2 N–H and O–H groups in total. The zero-order chi connectivity index (χ0) is 12.5. The molecule has 0 bridgehead atoms. The first-order valence-electron chi connectivity index (χ1n) is 6.35. The standard InChI is InChI=1S/C13H18N4O/c1-16-12-3-2-10(8-11(12)15-13(16)18)9-17-6-4-14-5-7-17/h2-3,8,14H,4-7,9H2,1H3,(H,15,18). The fourth-order valence-electron chi connectivity index (χ4n) is 2.51. The number of H-pyrrole nitrogens is 1. The van der Waals surface area contributed by atoms with Gasteiger partial charge in [0.2, 0.25) is 0 Å². The lowest BCUT2D eigenvalue weighted by molar-refractivity contribution is 0.233. The fraction of sp³-hybridized carbons (Fsp3) is 0.462. The van der Waals surface area contributed by atoms with E-state index < -0.39 is 0 Å². The van der Waals surface area contributed by atoms with Gasteiger partial charge in [-0.15, -0.1) is 0 Å². The molecule has 96 valence electrons. The number of imidazole rings is 1. The molecule has 1 aliphatic rings. The van der Waals surface area contributed by atoms with Gasteiger partial charge in [-0.25, -0.2) is 4.79 Å². The summed E-state index contributed by atoms with van der Waals surface area (Å²) in [4.78, 5) is 16.8. The number of hydrogen-bond acceptors (Lipinski definition) is 3. The Balaban J connectivity index is 1.86. The van der Waals surface area contributed by atoms with Crippen LogP contribution in [0.1, 0.15) is 5.56 Å². The number of aromatic amines is 1. The first kappa shape index (κ1) is 11.5. The second-order valence-electron chi connectivity index (χ2n) is 4.87. The van der Waals surface area contributed by atoms with Gasteiger partial charge in [-0.3, -0.25) is 9.47 Å². The highest BCUT2D eigenvalue weighted by Gasteiger charge is 2.11. The molecule has 5 nitrogen and oxygen atoms in total. The molecule has 1 aromatic carbocycles. The second kappa shape index (κ2) is 4.59. The summed E-state index contributed by atoms with van der Waals surface area (Å²) >= 11 is 0. The number of rotatable bonds is 2. The Hall–Kier alpha value is -1.59. The molecular weight excluding hydrogens is 228 g/mol. The van der Waals surface area contributed by atoms with E-state index in [1.807, 2.05) is 6.07 Å². The smallest absolute Gasteiger partial charge is 0.314 e. The van der Waals surface area contributed by atoms with Crippen LogP contribution in [0.15, 0.2) is 23.0 Å². The number of nitrogens with one attached hydrogen (secondary N) is 2. The first-order chi connectivity index (χ1) is 8.74. The van der Waals surface area contributed by atoms with Gasteiger partial charge in [0.1, 0.15) is 0 Å². The van der Waals surface area contributed by atoms with Crippen LogP contribution in [0.25, 0.3) is 11.0 Å². The van der Waals surface area contributed by atoms with E-state index in [-0.39, 0.29) is 5.69 Å². The van der Waals surface area contributed by atoms with E-state index in [4.69, 9.17) is 0 Å². The molecule has 0 radical (unpaired) electrons. The van der Waals surface area contributed by atoms with E-state index in [0.717, 1.165) is 43.8 Å². The normalized spacial score (nSPS) is 17.4. The summed E-state index contributed by atoms with van der Waals surface area (Å²) < 4.78 is 1.64. The Morgan fingerprint density at radius 1 is 1.28 bits per heavy atom. The number of fused-ring (bicyclic) bond motifs is 1. The predicted octanol–water partition coefficient (Wildman–Crippen LogP) is 0.272. The van der Waals surface area contributed by atoms with Crippen LogP contribution in [-0.4, -0.2) is 40.6 Å². The summed E-state index contributed by atoms with van der Waals surface area (Å²) in [6, 6.07) is 6.21. The van der Waals surface area contributed by atoms with Crippen LogP contribution in [0.2, 0.25) is 0 Å². The average Bonchev–Trinajstić information content (AvgIpc) is 2.66. The third-order valence-electron chi connectivity index (χ3n) is 3.58. The van der Waals surface area contributed by atoms with Crippen molar-refractivity contribution >= 4 is 11.0 Å². The Morgan fingerprint density at radius 2 is 2.06 bits per heavy atom. The largest absolute Gasteiger partial charge is 0.326 e. The Bertz CT molecular complexity index is 607. The summed E-state index contributed by atoms with van der Waals surface area (Å²) in [6.45, 7) is 5.25. The molecule has 0 saturated carbocycles. The van der Waals surface area contributed by atoms with Crippen molar-refractivity contribution in [1.82, 2.24) is 19.8 Å². The van der Waals surface area contributed by atoms with Gasteiger partial charge in [-0.1, -0.05) is 6.07 Å². The zero-order valence-corrected chi connectivity index (χ0v) is 10.6. The molecule has 1 aromatic heterocycles. The number of aromatic nitrogens is 2. The maximum Gasteiger partial charge on any atom is 0.326 e. The van der Waals surface area contributed by atoms with Crippen LogP contribution in [0.5, 0.6) is 0 Å². The van der Waals surface area contributed by atoms with E-state index in [2.05, 4.69) is 27.3 Å². The van der Waals surface area contributed by atoms with Crippen LogP contribution in [0.3, 0.4) is 0 Å². The molecule has 2 heterocycles. The maximum absolute atomic E-state index is 11.5. The minimum Gasteiger partial charge on any atom is -0.314 e. The van der Waals surface area contributed by atoms with Crippen LogP contribution in [-0.2, 0) is 13.6 Å². The van der Waals surface area contributed by atoms with Gasteiger partial charge < -0.3 is 10.3 Å². The van der Waals surface area contributed by atoms with Gasteiger partial charge in [0.15, 0.2) is 0 Å². The summed E-state index contributed by atoms with van der Waals surface area (Å²) in [5, 5.41) is 3.35. The van der Waals surface area contributed by atoms with E-state index >= 15 is 0 Å². The van der Waals surface area contributed by atoms with Crippen molar-refractivity contribution in [2.45, 2.75) is 6.54 Å². The van der Waals surface area contributed by atoms with Gasteiger partial charge in [0.25, 0.3) is 0 Å². The Kier molecular flexibility index (Phi) is 2.93. The van der Waals surface area contributed by atoms with Gasteiger partial charge >= 0.3 is 5.69 Å². The summed E-state index contributed by atoms with van der Waals surface area (Å²) in [6.07, 6.45) is 0. The lowest BCUT2D eigenvalue weighted by Gasteiger charge is -2.27. The van der Waals surface area contributed by atoms with Crippen molar-refractivity contribution in [3.63, 3.8) is 0 Å². The van der Waals surface area contributed by atoms with Crippen LogP contribution in [0.4, 0.5) is 0 Å². The fourth-order valence-corrected chi connectivity index (χ4v) is 2.51. The highest BCUT2D eigenvalue weighted by molar-refractivity contribution is 5.75. The molecular formula is C13H18N4O. The number of hydrogen-bond donors (Lipinski definition) is 2. The van der Waals surface area contributed by atoms with Gasteiger partial charge in [0.05, 0.1) is 11.0 Å². The lowest BCUT2D eigenvalue weighted by atomic mass is 10.2. The summed E-state index contributed by atoms with van der Waals surface area (Å²) in [7, 11) is 1.79. The highest BCUT2D eigenvalue weighted by Crippen LogP contribution is 2.13. The first-order valence-corrected chi connectivity index (χ1v) is 6.35. The van der Waals surface area contributed by atoms with Crippen molar-refractivity contribution in [3.8, 4) is 0 Å². The molecule has 2 aromatic rings. The van der Waals surface area contributed by atoms with Gasteiger partial charge in [0, 0.05) is 39.8 Å². The minimum absolute atomic E-state index is 0.0516. The Labute approximate surface area is 105 Å². The van der Waals surface area contributed by atoms with Crippen LogP contribution >= 0.6 is 0 Å². The van der Waals surface area contributed by atoms with Gasteiger partial charge in [-0.05, 0) is 17.7 Å². The number of piperazine rings is 1. The minimum atomic E-state index is -0.0516. The molecule has 3 rings (SSSR count). The molecule has 5 heteroatoms. The molecule has 0 atom stereocenters. The molecule has 18 heavy (non-hydrogen) atoms. The topological polar surface area (TPSA) is 53.1 Å². The monoisotopic (exact) mass is 246 g/mol. The number of nitrogens with zero attached hydrogens (tertiary/aromatic N) is 2. The van der Waals surface area contributed by atoms with E-state index in [1.54, 1.807) is 11.6 Å². The molecule has 0 unspecified atom stereocenters. The van der Waals surface area contributed by atoms with E-state index in [1.165, 1.54) is 5.56 Å². The SMILES string of the molecule is Cn1c(=O)[nH]c2cc(CN3CCNCC3)ccc21. The quantitative estimate of drug-likeness (QED) is 0.800. The molecule has 0 spiro atoms. The molecule has 1 fully saturated rings. The van der Waals surface area contributed by atoms with Gasteiger partial charge in [-0.2, -0.15) is 0 Å². The van der Waals surface area contributed by atoms with Crippen LogP contribution < -0.4 is 11.0 Å². The third kappa shape index (κ3) is 2.07. The average molecular weight is 246 g/mol. The van der Waals surface area contributed by atoms with Crippen molar-refractivity contribution < 1.29 is 0 Å².